The van der Waals surface area contributed by atoms with E-state index in [-0.39, 0.29) is 70.8 Å². The first-order chi connectivity index (χ1) is 19.8. The van der Waals surface area contributed by atoms with Gasteiger partial charge in [-0.05, 0) is 102 Å². The number of nitrogens with one attached hydrogen (secondary N) is 3. The topological polar surface area (TPSA) is 124 Å². The lowest BCUT2D eigenvalue weighted by molar-refractivity contribution is -0.183. The summed E-state index contributed by atoms with van der Waals surface area (Å²) in [6.45, 7) is 25.8. The van der Waals surface area contributed by atoms with Crippen LogP contribution >= 0.6 is 0 Å². The lowest BCUT2D eigenvalue weighted by atomic mass is 9.87. The van der Waals surface area contributed by atoms with Crippen LogP contribution < -0.4 is 16.0 Å². The van der Waals surface area contributed by atoms with Crippen molar-refractivity contribution in [3.8, 4) is 0 Å². The number of hydrogen-bond donors (Lipinski definition) is 3. The molecule has 3 fully saturated rings. The Labute approximate surface area is 265 Å². The van der Waals surface area contributed by atoms with E-state index < -0.39 is 36.4 Å². The molecule has 254 valence electrons. The lowest BCUT2D eigenvalue weighted by Gasteiger charge is -2.32. The molecule has 44 heavy (non-hydrogen) atoms. The van der Waals surface area contributed by atoms with Gasteiger partial charge in [0.2, 0.25) is 0 Å². The molecule has 3 rings (SSSR count). The van der Waals surface area contributed by atoms with Crippen molar-refractivity contribution < 1.29 is 33.3 Å². The van der Waals surface area contributed by atoms with Crippen molar-refractivity contribution in [2.24, 2.45) is 17.8 Å². The Balaban J connectivity index is 1.73. The molecule has 10 nitrogen and oxygen atoms in total. The zero-order chi connectivity index (χ0) is 33.6. The van der Waals surface area contributed by atoms with E-state index in [0.717, 1.165) is 19.3 Å². The maximum Gasteiger partial charge on any atom is 0.339 e. The second-order valence-corrected chi connectivity index (χ2v) is 17.4. The van der Waals surface area contributed by atoms with Gasteiger partial charge in [-0.2, -0.15) is 0 Å². The van der Waals surface area contributed by atoms with Crippen LogP contribution in [0, 0.1) is 17.8 Å². The third-order valence-corrected chi connectivity index (χ3v) is 10.2. The number of rotatable bonds is 12. The van der Waals surface area contributed by atoms with Crippen LogP contribution in [0.3, 0.4) is 0 Å². The highest BCUT2D eigenvalue weighted by molar-refractivity contribution is 5.90. The number of ether oxygens (including phenoxy) is 4. The summed E-state index contributed by atoms with van der Waals surface area (Å²) in [6.07, 6.45) is 1.56. The molecule has 3 heterocycles. The number of carbonyl (C=O) groups excluding carboxylic acids is 3. The molecule has 0 bridgehead atoms. The Morgan fingerprint density at radius 1 is 0.568 bits per heavy atom. The molecular weight excluding hydrogens is 562 g/mol. The highest BCUT2D eigenvalue weighted by Gasteiger charge is 2.50. The van der Waals surface area contributed by atoms with E-state index in [1.54, 1.807) is 0 Å². The molecule has 3 saturated heterocycles. The van der Waals surface area contributed by atoms with Gasteiger partial charge in [0.05, 0.1) is 32.7 Å². The van der Waals surface area contributed by atoms with Crippen LogP contribution in [0.15, 0.2) is 0 Å². The predicted octanol–water partition coefficient (Wildman–Crippen LogP) is 4.28. The van der Waals surface area contributed by atoms with Gasteiger partial charge in [-0.25, -0.2) is 4.79 Å². The second kappa shape index (κ2) is 12.5. The van der Waals surface area contributed by atoms with Crippen molar-refractivity contribution in [1.82, 2.24) is 16.0 Å². The van der Waals surface area contributed by atoms with Gasteiger partial charge in [-0.3, -0.25) is 9.59 Å². The number of hydrogen-bond acceptors (Lipinski definition) is 10. The Hall–Kier alpha value is -1.75. The molecule has 0 saturated carbocycles. The molecule has 0 aromatic heterocycles. The third-order valence-electron chi connectivity index (χ3n) is 10.2. The van der Waals surface area contributed by atoms with E-state index in [4.69, 9.17) is 18.9 Å². The molecule has 0 amide bonds. The fourth-order valence-corrected chi connectivity index (χ4v) is 8.19. The highest BCUT2D eigenvalue weighted by Crippen LogP contribution is 2.39. The summed E-state index contributed by atoms with van der Waals surface area (Å²) in [4.78, 5) is 40.4. The van der Waals surface area contributed by atoms with Gasteiger partial charge in [0.15, 0.2) is 5.60 Å². The van der Waals surface area contributed by atoms with E-state index in [9.17, 15) is 14.4 Å². The summed E-state index contributed by atoms with van der Waals surface area (Å²) in [7, 11) is 1.32. The quantitative estimate of drug-likeness (QED) is 0.214. The fraction of sp³-hybridized carbons (Fsp3) is 0.912. The second-order valence-electron chi connectivity index (χ2n) is 17.4. The highest BCUT2D eigenvalue weighted by atomic mass is 16.6. The van der Waals surface area contributed by atoms with E-state index in [1.807, 2.05) is 0 Å². The van der Waals surface area contributed by atoms with Crippen LogP contribution in [0.5, 0.6) is 0 Å². The molecule has 0 aliphatic carbocycles. The summed E-state index contributed by atoms with van der Waals surface area (Å²) >= 11 is 0. The van der Waals surface area contributed by atoms with Crippen LogP contribution in [-0.2, 0) is 33.3 Å². The molecule has 10 heteroatoms. The van der Waals surface area contributed by atoms with E-state index in [1.165, 1.54) is 7.11 Å². The Kier molecular flexibility index (Phi) is 10.4. The summed E-state index contributed by atoms with van der Waals surface area (Å²) in [5.41, 5.74) is -2.85. The first kappa shape index (κ1) is 36.7. The molecule has 3 unspecified atom stereocenters. The van der Waals surface area contributed by atoms with Crippen molar-refractivity contribution in [2.45, 2.75) is 154 Å². The van der Waals surface area contributed by atoms with Crippen molar-refractivity contribution in [3.05, 3.63) is 0 Å². The van der Waals surface area contributed by atoms with E-state index in [2.05, 4.69) is 99.0 Å². The molecule has 3 aliphatic rings. The number of methoxy groups -OCH3 is 1. The molecule has 0 radical (unpaired) electrons. The molecule has 0 aromatic rings. The van der Waals surface area contributed by atoms with Gasteiger partial charge in [0.25, 0.3) is 0 Å². The van der Waals surface area contributed by atoms with Gasteiger partial charge < -0.3 is 34.9 Å². The summed E-state index contributed by atoms with van der Waals surface area (Å²) in [6, 6.07) is 0. The molecule has 3 atom stereocenters. The minimum atomic E-state index is -1.87. The zero-order valence-corrected chi connectivity index (χ0v) is 29.7. The van der Waals surface area contributed by atoms with Crippen LogP contribution in [0.1, 0.15) is 115 Å². The smallest absolute Gasteiger partial charge is 0.339 e. The van der Waals surface area contributed by atoms with Gasteiger partial charge in [-0.15, -0.1) is 0 Å². The van der Waals surface area contributed by atoms with E-state index >= 15 is 0 Å². The third kappa shape index (κ3) is 8.95. The van der Waals surface area contributed by atoms with Crippen molar-refractivity contribution in [2.75, 3.05) is 26.9 Å². The first-order valence-corrected chi connectivity index (χ1v) is 16.2. The normalized spacial score (nSPS) is 30.3. The van der Waals surface area contributed by atoms with Crippen molar-refractivity contribution >= 4 is 17.9 Å². The Morgan fingerprint density at radius 2 is 0.864 bits per heavy atom. The minimum absolute atomic E-state index is 0.0378. The average molecular weight is 624 g/mol. The fourth-order valence-electron chi connectivity index (χ4n) is 8.19. The van der Waals surface area contributed by atoms with Crippen LogP contribution in [-0.4, -0.2) is 83.7 Å². The van der Waals surface area contributed by atoms with Crippen molar-refractivity contribution in [1.29, 1.82) is 0 Å². The minimum Gasteiger partial charge on any atom is -0.465 e. The largest absolute Gasteiger partial charge is 0.465 e. The maximum absolute atomic E-state index is 13.8. The van der Waals surface area contributed by atoms with Crippen LogP contribution in [0.4, 0.5) is 0 Å². The Morgan fingerprint density at radius 3 is 1.11 bits per heavy atom. The molecule has 0 spiro atoms. The van der Waals surface area contributed by atoms with Crippen LogP contribution in [0.25, 0.3) is 0 Å². The van der Waals surface area contributed by atoms with E-state index in [0.29, 0.717) is 0 Å². The van der Waals surface area contributed by atoms with Gasteiger partial charge in [0.1, 0.15) is 0 Å². The SMILES string of the molecule is COC(CC(=O)OCC1CC(C)(C)NC1(C)C)(CC(=O)OCC1CC(C)(C)NC1(C)C)C(=O)OCC1CC(C)(C)NC1(C)C. The molecular formula is C34H61N3O7. The van der Waals surface area contributed by atoms with Gasteiger partial charge >= 0.3 is 17.9 Å². The van der Waals surface area contributed by atoms with Crippen LogP contribution in [0.2, 0.25) is 0 Å². The lowest BCUT2D eigenvalue weighted by Crippen LogP contribution is -2.49. The van der Waals surface area contributed by atoms with Gasteiger partial charge in [-0.1, -0.05) is 0 Å². The standard InChI is InChI=1S/C34H61N3O7/c1-28(2)14-22(31(7,8)35-28)19-42-25(38)17-34(41-13,27(40)44-21-24-16-30(5,6)37-33(24,11)12)18-26(39)43-20-23-15-29(3,4)36-32(23,9)10/h22-24,35-37H,14-21H2,1-13H3. The number of carbonyl (C=O) groups is 3. The Bertz CT molecular complexity index is 1020. The molecule has 0 aromatic carbocycles. The molecule has 3 N–H and O–H groups in total. The van der Waals surface area contributed by atoms with Gasteiger partial charge in [0, 0.05) is 58.1 Å². The number of esters is 3. The predicted molar refractivity (Wildman–Crippen MR) is 170 cm³/mol. The average Bonchev–Trinajstić information content (AvgIpc) is 3.30. The van der Waals surface area contributed by atoms with Crippen molar-refractivity contribution in [3.63, 3.8) is 0 Å². The first-order valence-electron chi connectivity index (χ1n) is 16.2. The molecule has 3 aliphatic heterocycles. The summed E-state index contributed by atoms with van der Waals surface area (Å²) in [5, 5.41) is 10.8. The summed E-state index contributed by atoms with van der Waals surface area (Å²) < 4.78 is 23.0. The zero-order valence-electron chi connectivity index (χ0n) is 29.7. The maximum atomic E-state index is 13.8. The monoisotopic (exact) mass is 623 g/mol. The summed E-state index contributed by atoms with van der Waals surface area (Å²) in [5.74, 6) is -1.79.